The Morgan fingerprint density at radius 2 is 2.50 bits per heavy atom. The number of β-amino-alcohol motifs (C(OH)–C–C–N with tert-alkyl or cyclic N) is 1. The third kappa shape index (κ3) is 1.26. The molecule has 0 aromatic carbocycles. The fourth-order valence-electron chi connectivity index (χ4n) is 1.35. The Bertz CT molecular complexity index is 129. The van der Waals surface area contributed by atoms with Gasteiger partial charge in [0.1, 0.15) is 0 Å². The monoisotopic (exact) mass is 144 g/mol. The van der Waals surface area contributed by atoms with E-state index in [2.05, 4.69) is 5.29 Å². The highest BCUT2D eigenvalue weighted by Crippen LogP contribution is 2.19. The molecule has 1 aliphatic heterocycles. The van der Waals surface area contributed by atoms with Crippen LogP contribution in [0.5, 0.6) is 0 Å². The highest BCUT2D eigenvalue weighted by molar-refractivity contribution is 4.81. The zero-order valence-electron chi connectivity index (χ0n) is 6.03. The fraction of sp³-hybridized carbons (Fsp3) is 1.00. The van der Waals surface area contributed by atoms with Gasteiger partial charge in [-0.15, -0.1) is 4.91 Å². The maximum atomic E-state index is 10.1. The van der Waals surface area contributed by atoms with E-state index in [1.54, 1.807) is 0 Å². The van der Waals surface area contributed by atoms with Crippen molar-refractivity contribution < 1.29 is 5.11 Å². The average Bonchev–Trinajstić information content (AvgIpc) is 2.30. The molecule has 0 unspecified atom stereocenters. The summed E-state index contributed by atoms with van der Waals surface area (Å²) in [6.45, 7) is 2.39. The van der Waals surface area contributed by atoms with Crippen LogP contribution in [0, 0.1) is 4.91 Å². The summed E-state index contributed by atoms with van der Waals surface area (Å²) >= 11 is 0. The van der Waals surface area contributed by atoms with Gasteiger partial charge in [0.25, 0.3) is 0 Å². The standard InChI is InChI=1S/C6H12N2O2/c1-2-5-3-6(9)4-8(5)7-10/h5-6,9H,2-4H2,1H3/t5-,6+/m0/s1. The lowest BCUT2D eigenvalue weighted by Crippen LogP contribution is -2.22. The van der Waals surface area contributed by atoms with Crippen LogP contribution in [0.1, 0.15) is 19.8 Å². The van der Waals surface area contributed by atoms with E-state index in [1.165, 1.54) is 5.01 Å². The van der Waals surface area contributed by atoms with Gasteiger partial charge in [0, 0.05) is 0 Å². The van der Waals surface area contributed by atoms with Crippen LogP contribution in [0.3, 0.4) is 0 Å². The molecule has 0 radical (unpaired) electrons. The van der Waals surface area contributed by atoms with Gasteiger partial charge in [-0.3, -0.25) is 5.01 Å². The van der Waals surface area contributed by atoms with Crippen molar-refractivity contribution in [1.29, 1.82) is 0 Å². The van der Waals surface area contributed by atoms with E-state index in [1.807, 2.05) is 6.92 Å². The number of hydrogen-bond donors (Lipinski definition) is 1. The molecule has 0 saturated carbocycles. The highest BCUT2D eigenvalue weighted by Gasteiger charge is 2.29. The summed E-state index contributed by atoms with van der Waals surface area (Å²) in [5.74, 6) is 0. The maximum Gasteiger partial charge on any atom is 0.0753 e. The summed E-state index contributed by atoms with van der Waals surface area (Å²) in [5, 5.41) is 13.3. The highest BCUT2D eigenvalue weighted by atomic mass is 16.3. The van der Waals surface area contributed by atoms with Gasteiger partial charge in [0.2, 0.25) is 0 Å². The minimum Gasteiger partial charge on any atom is -0.391 e. The van der Waals surface area contributed by atoms with E-state index in [0.29, 0.717) is 13.0 Å². The fourth-order valence-corrected chi connectivity index (χ4v) is 1.35. The van der Waals surface area contributed by atoms with Gasteiger partial charge in [-0.1, -0.05) is 6.92 Å². The second-order valence-corrected chi connectivity index (χ2v) is 2.66. The molecule has 0 aliphatic carbocycles. The Labute approximate surface area is 59.8 Å². The molecular weight excluding hydrogens is 132 g/mol. The number of rotatable bonds is 2. The number of nitroso groups, excluding NO2 is 1. The molecule has 0 spiro atoms. The lowest BCUT2D eigenvalue weighted by Gasteiger charge is -2.13. The van der Waals surface area contributed by atoms with Crippen molar-refractivity contribution in [2.45, 2.75) is 31.9 Å². The second-order valence-electron chi connectivity index (χ2n) is 2.66. The minimum atomic E-state index is -0.359. The molecular formula is C6H12N2O2. The Kier molecular flexibility index (Phi) is 2.21. The van der Waals surface area contributed by atoms with Crippen molar-refractivity contribution in [2.75, 3.05) is 6.54 Å². The number of hydrogen-bond acceptors (Lipinski definition) is 3. The third-order valence-corrected chi connectivity index (χ3v) is 1.94. The lowest BCUT2D eigenvalue weighted by atomic mass is 10.1. The quantitative estimate of drug-likeness (QED) is 0.574. The minimum absolute atomic E-state index is 0.160. The van der Waals surface area contributed by atoms with Gasteiger partial charge in [-0.25, -0.2) is 0 Å². The lowest BCUT2D eigenvalue weighted by molar-refractivity contribution is 0.176. The van der Waals surface area contributed by atoms with Crippen molar-refractivity contribution in [3.05, 3.63) is 4.91 Å². The molecule has 0 bridgehead atoms. The van der Waals surface area contributed by atoms with Crippen LogP contribution in [-0.4, -0.2) is 28.8 Å². The van der Waals surface area contributed by atoms with Crippen molar-refractivity contribution in [3.63, 3.8) is 0 Å². The summed E-state index contributed by atoms with van der Waals surface area (Å²) in [7, 11) is 0. The van der Waals surface area contributed by atoms with Crippen LogP contribution in [0.15, 0.2) is 5.29 Å². The number of aliphatic hydroxyl groups is 1. The van der Waals surface area contributed by atoms with E-state index in [4.69, 9.17) is 5.11 Å². The van der Waals surface area contributed by atoms with Crippen LogP contribution in [0.25, 0.3) is 0 Å². The Hall–Kier alpha value is -0.640. The van der Waals surface area contributed by atoms with Crippen LogP contribution in [0.4, 0.5) is 0 Å². The summed E-state index contributed by atoms with van der Waals surface area (Å²) in [6.07, 6.45) is 1.20. The predicted octanol–water partition coefficient (Wildman–Crippen LogP) is 0.513. The summed E-state index contributed by atoms with van der Waals surface area (Å²) in [5.41, 5.74) is 0. The molecule has 0 amide bonds. The Morgan fingerprint density at radius 1 is 1.80 bits per heavy atom. The third-order valence-electron chi connectivity index (χ3n) is 1.94. The SMILES string of the molecule is CC[C@H]1C[C@@H](O)CN1N=O. The molecule has 1 aliphatic rings. The van der Waals surface area contributed by atoms with Gasteiger partial charge in [0.05, 0.1) is 24.0 Å². The van der Waals surface area contributed by atoms with Crippen LogP contribution < -0.4 is 0 Å². The van der Waals surface area contributed by atoms with Gasteiger partial charge in [0.15, 0.2) is 0 Å². The van der Waals surface area contributed by atoms with Crippen molar-refractivity contribution in [1.82, 2.24) is 5.01 Å². The van der Waals surface area contributed by atoms with Crippen molar-refractivity contribution >= 4 is 0 Å². The first kappa shape index (κ1) is 7.47. The maximum absolute atomic E-state index is 10.1. The normalized spacial score (nSPS) is 32.8. The van der Waals surface area contributed by atoms with Crippen LogP contribution in [-0.2, 0) is 0 Å². The van der Waals surface area contributed by atoms with Gasteiger partial charge < -0.3 is 5.11 Å². The number of nitrogens with zero attached hydrogens (tertiary/aromatic N) is 2. The van der Waals surface area contributed by atoms with Crippen molar-refractivity contribution in [3.8, 4) is 0 Å². The van der Waals surface area contributed by atoms with Crippen LogP contribution >= 0.6 is 0 Å². The molecule has 0 aromatic heterocycles. The topological polar surface area (TPSA) is 52.9 Å². The molecule has 4 nitrogen and oxygen atoms in total. The van der Waals surface area contributed by atoms with Gasteiger partial charge in [-0.05, 0) is 12.8 Å². The zero-order valence-corrected chi connectivity index (χ0v) is 6.03. The smallest absolute Gasteiger partial charge is 0.0753 e. The molecule has 1 heterocycles. The second kappa shape index (κ2) is 2.96. The largest absolute Gasteiger partial charge is 0.391 e. The van der Waals surface area contributed by atoms with Crippen LogP contribution in [0.2, 0.25) is 0 Å². The van der Waals surface area contributed by atoms with E-state index in [9.17, 15) is 4.91 Å². The molecule has 0 aromatic rings. The Balaban J connectivity index is 2.48. The van der Waals surface area contributed by atoms with E-state index in [-0.39, 0.29) is 12.1 Å². The van der Waals surface area contributed by atoms with Crippen molar-refractivity contribution in [2.24, 2.45) is 5.29 Å². The first-order valence-corrected chi connectivity index (χ1v) is 3.56. The predicted molar refractivity (Wildman–Crippen MR) is 37.2 cm³/mol. The zero-order chi connectivity index (χ0) is 7.56. The molecule has 4 heteroatoms. The van der Waals surface area contributed by atoms with E-state index < -0.39 is 0 Å². The van der Waals surface area contributed by atoms with E-state index in [0.717, 1.165) is 6.42 Å². The van der Waals surface area contributed by atoms with Gasteiger partial charge >= 0.3 is 0 Å². The molecule has 58 valence electrons. The molecule has 1 fully saturated rings. The summed E-state index contributed by atoms with van der Waals surface area (Å²) in [4.78, 5) is 10.1. The van der Waals surface area contributed by atoms with Gasteiger partial charge in [-0.2, -0.15) is 0 Å². The summed E-state index contributed by atoms with van der Waals surface area (Å²) < 4.78 is 0. The Morgan fingerprint density at radius 3 is 2.90 bits per heavy atom. The van der Waals surface area contributed by atoms with E-state index >= 15 is 0 Å². The average molecular weight is 144 g/mol. The molecule has 2 atom stereocenters. The number of aliphatic hydroxyl groups excluding tert-OH is 1. The first-order chi connectivity index (χ1) is 4.77. The molecule has 1 rings (SSSR count). The molecule has 1 saturated heterocycles. The first-order valence-electron chi connectivity index (χ1n) is 3.56. The molecule has 1 N–H and O–H groups in total. The summed E-state index contributed by atoms with van der Waals surface area (Å²) in [6, 6.07) is 0.160. The molecule has 10 heavy (non-hydrogen) atoms.